The molecule has 2 atom stereocenters. The maximum absolute atomic E-state index is 12.0. The van der Waals surface area contributed by atoms with Crippen LogP contribution in [0.1, 0.15) is 36.5 Å². The van der Waals surface area contributed by atoms with Crippen molar-refractivity contribution >= 4 is 23.2 Å². The van der Waals surface area contributed by atoms with Gasteiger partial charge in [0.25, 0.3) is 5.91 Å². The molecule has 1 aromatic carbocycles. The average molecular weight is 253 g/mol. The van der Waals surface area contributed by atoms with Crippen molar-refractivity contribution in [2.24, 2.45) is 5.92 Å². The molecule has 0 radical (unpaired) electrons. The van der Waals surface area contributed by atoms with Gasteiger partial charge in [-0.1, -0.05) is 18.5 Å². The number of halogens is 1. The Labute approximate surface area is 106 Å². The number of rotatable bonds is 2. The summed E-state index contributed by atoms with van der Waals surface area (Å²) in [5.41, 5.74) is 6.72. The van der Waals surface area contributed by atoms with E-state index in [-0.39, 0.29) is 11.9 Å². The van der Waals surface area contributed by atoms with Gasteiger partial charge in [-0.25, -0.2) is 0 Å². The van der Waals surface area contributed by atoms with E-state index in [2.05, 4.69) is 12.2 Å². The highest BCUT2D eigenvalue weighted by Gasteiger charge is 2.23. The number of nitrogens with one attached hydrogen (secondary N) is 1. The number of benzene rings is 1. The zero-order valence-corrected chi connectivity index (χ0v) is 10.6. The topological polar surface area (TPSA) is 55.1 Å². The summed E-state index contributed by atoms with van der Waals surface area (Å²) in [4.78, 5) is 12.0. The molecule has 1 aliphatic rings. The molecule has 0 bridgehead atoms. The molecule has 3 N–H and O–H groups in total. The van der Waals surface area contributed by atoms with Crippen LogP contribution in [-0.4, -0.2) is 11.9 Å². The zero-order valence-electron chi connectivity index (χ0n) is 9.87. The minimum absolute atomic E-state index is 0.0988. The third kappa shape index (κ3) is 2.91. The molecule has 1 saturated carbocycles. The Bertz CT molecular complexity index is 433. The number of hydrogen-bond donors (Lipinski definition) is 2. The summed E-state index contributed by atoms with van der Waals surface area (Å²) < 4.78 is 0. The van der Waals surface area contributed by atoms with Gasteiger partial charge in [-0.2, -0.15) is 0 Å². The maximum Gasteiger partial charge on any atom is 0.253 e. The fourth-order valence-electron chi connectivity index (χ4n) is 2.34. The maximum atomic E-state index is 12.0. The molecule has 17 heavy (non-hydrogen) atoms. The number of carbonyl (C=O) groups excluding carboxylic acids is 1. The van der Waals surface area contributed by atoms with Gasteiger partial charge in [-0.3, -0.25) is 4.79 Å². The number of amides is 1. The lowest BCUT2D eigenvalue weighted by Crippen LogP contribution is -2.33. The first-order valence-electron chi connectivity index (χ1n) is 5.92. The van der Waals surface area contributed by atoms with E-state index < -0.39 is 0 Å². The highest BCUT2D eigenvalue weighted by molar-refractivity contribution is 6.31. The van der Waals surface area contributed by atoms with Gasteiger partial charge in [0.15, 0.2) is 0 Å². The Morgan fingerprint density at radius 2 is 2.24 bits per heavy atom. The molecule has 1 amide bonds. The molecule has 2 unspecified atom stereocenters. The molecule has 0 aromatic heterocycles. The fourth-order valence-corrected chi connectivity index (χ4v) is 2.52. The Morgan fingerprint density at radius 1 is 1.47 bits per heavy atom. The van der Waals surface area contributed by atoms with Gasteiger partial charge in [-0.15, -0.1) is 0 Å². The van der Waals surface area contributed by atoms with Crippen molar-refractivity contribution in [3.63, 3.8) is 0 Å². The van der Waals surface area contributed by atoms with Crippen molar-refractivity contribution in [1.29, 1.82) is 0 Å². The largest absolute Gasteiger partial charge is 0.398 e. The second kappa shape index (κ2) is 4.96. The standard InChI is InChI=1S/C13H17ClN2O/c1-8-2-4-10(6-8)16-13(17)11-5-3-9(14)7-12(11)15/h3,5,7-8,10H,2,4,6,15H2,1H3,(H,16,17). The molecule has 1 aliphatic carbocycles. The average Bonchev–Trinajstić information content (AvgIpc) is 2.63. The first-order valence-corrected chi connectivity index (χ1v) is 6.30. The van der Waals surface area contributed by atoms with E-state index in [9.17, 15) is 4.79 Å². The minimum atomic E-state index is -0.0988. The summed E-state index contributed by atoms with van der Waals surface area (Å²) in [6.45, 7) is 2.21. The second-order valence-electron chi connectivity index (χ2n) is 4.82. The Hall–Kier alpha value is -1.22. The molecule has 0 saturated heterocycles. The molecule has 92 valence electrons. The van der Waals surface area contributed by atoms with Gasteiger partial charge < -0.3 is 11.1 Å². The third-order valence-electron chi connectivity index (χ3n) is 3.29. The van der Waals surface area contributed by atoms with Crippen LogP contribution in [-0.2, 0) is 0 Å². The van der Waals surface area contributed by atoms with E-state index in [1.54, 1.807) is 18.2 Å². The number of nitrogen functional groups attached to an aromatic ring is 1. The van der Waals surface area contributed by atoms with Crippen LogP contribution in [0.2, 0.25) is 5.02 Å². The normalized spacial score (nSPS) is 23.6. The van der Waals surface area contributed by atoms with Gasteiger partial charge in [0.05, 0.1) is 5.56 Å². The summed E-state index contributed by atoms with van der Waals surface area (Å²) in [5.74, 6) is 0.598. The third-order valence-corrected chi connectivity index (χ3v) is 3.52. The van der Waals surface area contributed by atoms with Crippen LogP contribution >= 0.6 is 11.6 Å². The summed E-state index contributed by atoms with van der Waals surface area (Å²) in [5, 5.41) is 3.57. The van der Waals surface area contributed by atoms with Crippen LogP contribution in [0, 0.1) is 5.92 Å². The van der Waals surface area contributed by atoms with Gasteiger partial charge in [-0.05, 0) is 43.4 Å². The van der Waals surface area contributed by atoms with Crippen LogP contribution < -0.4 is 11.1 Å². The first-order chi connectivity index (χ1) is 8.06. The minimum Gasteiger partial charge on any atom is -0.398 e. The summed E-state index contributed by atoms with van der Waals surface area (Å²) in [6, 6.07) is 5.25. The number of anilines is 1. The van der Waals surface area contributed by atoms with Gasteiger partial charge in [0.1, 0.15) is 0 Å². The fraction of sp³-hybridized carbons (Fsp3) is 0.462. The molecular weight excluding hydrogens is 236 g/mol. The quantitative estimate of drug-likeness (QED) is 0.796. The van der Waals surface area contributed by atoms with Crippen LogP contribution in [0.25, 0.3) is 0 Å². The molecule has 3 nitrogen and oxygen atoms in total. The zero-order chi connectivity index (χ0) is 12.4. The van der Waals surface area contributed by atoms with E-state index in [1.165, 1.54) is 6.42 Å². The molecule has 1 aromatic rings. The molecule has 4 heteroatoms. The molecular formula is C13H17ClN2O. The van der Waals surface area contributed by atoms with E-state index in [0.717, 1.165) is 12.8 Å². The summed E-state index contributed by atoms with van der Waals surface area (Å²) in [6.07, 6.45) is 3.29. The van der Waals surface area contributed by atoms with E-state index in [1.807, 2.05) is 0 Å². The number of hydrogen-bond acceptors (Lipinski definition) is 2. The lowest BCUT2D eigenvalue weighted by Gasteiger charge is -2.13. The van der Waals surface area contributed by atoms with E-state index in [0.29, 0.717) is 22.2 Å². The lowest BCUT2D eigenvalue weighted by molar-refractivity contribution is 0.0938. The molecule has 0 spiro atoms. The van der Waals surface area contributed by atoms with Crippen LogP contribution in [0.4, 0.5) is 5.69 Å². The Kier molecular flexibility index (Phi) is 3.57. The number of nitrogens with two attached hydrogens (primary N) is 1. The van der Waals surface area contributed by atoms with E-state index >= 15 is 0 Å². The second-order valence-corrected chi connectivity index (χ2v) is 5.26. The van der Waals surface area contributed by atoms with Crippen molar-refractivity contribution in [3.05, 3.63) is 28.8 Å². The molecule has 2 rings (SSSR count). The monoisotopic (exact) mass is 252 g/mol. The van der Waals surface area contributed by atoms with Gasteiger partial charge >= 0.3 is 0 Å². The Morgan fingerprint density at radius 3 is 2.82 bits per heavy atom. The van der Waals surface area contributed by atoms with Crippen molar-refractivity contribution in [3.8, 4) is 0 Å². The van der Waals surface area contributed by atoms with Gasteiger partial charge in [0, 0.05) is 16.8 Å². The number of carbonyl (C=O) groups is 1. The van der Waals surface area contributed by atoms with E-state index in [4.69, 9.17) is 17.3 Å². The van der Waals surface area contributed by atoms with Crippen molar-refractivity contribution in [2.45, 2.75) is 32.2 Å². The predicted molar refractivity (Wildman–Crippen MR) is 70.1 cm³/mol. The summed E-state index contributed by atoms with van der Waals surface area (Å²) in [7, 11) is 0. The summed E-state index contributed by atoms with van der Waals surface area (Å²) >= 11 is 5.80. The van der Waals surface area contributed by atoms with Crippen LogP contribution in [0.5, 0.6) is 0 Å². The highest BCUT2D eigenvalue weighted by Crippen LogP contribution is 2.25. The highest BCUT2D eigenvalue weighted by atomic mass is 35.5. The smallest absolute Gasteiger partial charge is 0.253 e. The lowest BCUT2D eigenvalue weighted by atomic mass is 10.1. The van der Waals surface area contributed by atoms with Crippen LogP contribution in [0.15, 0.2) is 18.2 Å². The van der Waals surface area contributed by atoms with Crippen LogP contribution in [0.3, 0.4) is 0 Å². The van der Waals surface area contributed by atoms with Gasteiger partial charge in [0.2, 0.25) is 0 Å². The molecule has 0 heterocycles. The van der Waals surface area contributed by atoms with Crippen molar-refractivity contribution < 1.29 is 4.79 Å². The Balaban J connectivity index is 2.04. The molecule has 1 fully saturated rings. The molecule has 0 aliphatic heterocycles. The SMILES string of the molecule is CC1CCC(NC(=O)c2ccc(Cl)cc2N)C1. The predicted octanol–water partition coefficient (Wildman–Crippen LogP) is 2.84. The van der Waals surface area contributed by atoms with Crippen molar-refractivity contribution in [2.75, 3.05) is 5.73 Å². The first kappa shape index (κ1) is 12.2. The van der Waals surface area contributed by atoms with Crippen molar-refractivity contribution in [1.82, 2.24) is 5.32 Å².